The Morgan fingerprint density at radius 1 is 1.38 bits per heavy atom. The Balaban J connectivity index is 1.71. The first-order valence-corrected chi connectivity index (χ1v) is 8.91. The van der Waals surface area contributed by atoms with Crippen molar-refractivity contribution in [2.45, 2.75) is 30.6 Å². The molecule has 1 aromatic carbocycles. The van der Waals surface area contributed by atoms with Crippen LogP contribution in [0.2, 0.25) is 0 Å². The highest BCUT2D eigenvalue weighted by Gasteiger charge is 2.35. The van der Waals surface area contributed by atoms with Crippen LogP contribution in [0.3, 0.4) is 0 Å². The van der Waals surface area contributed by atoms with Crippen molar-refractivity contribution < 1.29 is 14.0 Å². The standard InChI is InChI=1S/C16H18N4O3S/c1-3-13(21)17-16-19-18-15(23-16)10-8-14(22)20(9-10)11-4-6-12(24-2)7-5-11/h4-7,10H,3,8-9H2,1-2H3,(H,17,19,21). The molecule has 0 radical (unpaired) electrons. The van der Waals surface area contributed by atoms with Crippen molar-refractivity contribution in [2.24, 2.45) is 0 Å². The van der Waals surface area contributed by atoms with E-state index >= 15 is 0 Å². The smallest absolute Gasteiger partial charge is 0.322 e. The third-order valence-corrected chi connectivity index (χ3v) is 4.61. The van der Waals surface area contributed by atoms with Crippen molar-refractivity contribution in [1.82, 2.24) is 10.2 Å². The lowest BCUT2D eigenvalue weighted by Crippen LogP contribution is -2.24. The van der Waals surface area contributed by atoms with E-state index in [0.717, 1.165) is 10.6 Å². The Morgan fingerprint density at radius 3 is 2.79 bits per heavy atom. The molecule has 1 aliphatic heterocycles. The molecule has 0 bridgehead atoms. The van der Waals surface area contributed by atoms with Crippen molar-refractivity contribution in [3.63, 3.8) is 0 Å². The molecular formula is C16H18N4O3S. The molecule has 24 heavy (non-hydrogen) atoms. The lowest BCUT2D eigenvalue weighted by atomic mass is 10.1. The zero-order valence-electron chi connectivity index (χ0n) is 13.5. The van der Waals surface area contributed by atoms with Gasteiger partial charge in [0, 0.05) is 30.0 Å². The van der Waals surface area contributed by atoms with Gasteiger partial charge >= 0.3 is 6.01 Å². The van der Waals surface area contributed by atoms with Crippen LogP contribution in [-0.4, -0.2) is 34.8 Å². The highest BCUT2D eigenvalue weighted by Crippen LogP contribution is 2.32. The first kappa shape index (κ1) is 16.5. The Kier molecular flexibility index (Phi) is 4.84. The van der Waals surface area contributed by atoms with E-state index in [1.807, 2.05) is 30.5 Å². The number of hydrogen-bond acceptors (Lipinski definition) is 6. The summed E-state index contributed by atoms with van der Waals surface area (Å²) in [5, 5.41) is 10.3. The van der Waals surface area contributed by atoms with Crippen LogP contribution in [0.15, 0.2) is 33.6 Å². The minimum atomic E-state index is -0.191. The summed E-state index contributed by atoms with van der Waals surface area (Å²) < 4.78 is 5.47. The van der Waals surface area contributed by atoms with Crippen LogP contribution in [0.5, 0.6) is 0 Å². The van der Waals surface area contributed by atoms with E-state index < -0.39 is 0 Å². The van der Waals surface area contributed by atoms with Crippen molar-refractivity contribution in [1.29, 1.82) is 0 Å². The van der Waals surface area contributed by atoms with E-state index in [2.05, 4.69) is 15.5 Å². The molecule has 1 aromatic heterocycles. The predicted molar refractivity (Wildman–Crippen MR) is 91.2 cm³/mol. The summed E-state index contributed by atoms with van der Waals surface area (Å²) in [5.41, 5.74) is 0.860. The first-order valence-electron chi connectivity index (χ1n) is 7.68. The molecule has 7 nitrogen and oxygen atoms in total. The van der Waals surface area contributed by atoms with Gasteiger partial charge in [-0.15, -0.1) is 16.9 Å². The van der Waals surface area contributed by atoms with E-state index in [1.54, 1.807) is 23.6 Å². The van der Waals surface area contributed by atoms with Gasteiger partial charge in [-0.2, -0.15) is 0 Å². The second-order valence-electron chi connectivity index (χ2n) is 5.45. The van der Waals surface area contributed by atoms with Crippen LogP contribution in [0, 0.1) is 0 Å². The van der Waals surface area contributed by atoms with E-state index in [1.165, 1.54) is 0 Å². The third kappa shape index (κ3) is 3.43. The van der Waals surface area contributed by atoms with Crippen molar-refractivity contribution in [3.05, 3.63) is 30.2 Å². The minimum absolute atomic E-state index is 0.0224. The van der Waals surface area contributed by atoms with Gasteiger partial charge in [-0.25, -0.2) is 0 Å². The molecule has 2 heterocycles. The summed E-state index contributed by atoms with van der Waals surface area (Å²) in [6, 6.07) is 7.93. The van der Waals surface area contributed by atoms with Crippen LogP contribution < -0.4 is 10.2 Å². The summed E-state index contributed by atoms with van der Waals surface area (Å²) >= 11 is 1.66. The van der Waals surface area contributed by atoms with Crippen LogP contribution in [0.4, 0.5) is 11.7 Å². The number of anilines is 2. The monoisotopic (exact) mass is 346 g/mol. The molecule has 1 fully saturated rings. The normalized spacial score (nSPS) is 17.3. The fourth-order valence-corrected chi connectivity index (χ4v) is 2.95. The molecule has 2 aromatic rings. The molecule has 3 rings (SSSR count). The Morgan fingerprint density at radius 2 is 2.12 bits per heavy atom. The number of benzene rings is 1. The van der Waals surface area contributed by atoms with Gasteiger partial charge in [0.15, 0.2) is 0 Å². The lowest BCUT2D eigenvalue weighted by molar-refractivity contribution is -0.117. The fourth-order valence-electron chi connectivity index (χ4n) is 2.54. The topological polar surface area (TPSA) is 88.3 Å². The number of aromatic nitrogens is 2. The zero-order valence-corrected chi connectivity index (χ0v) is 14.3. The van der Waals surface area contributed by atoms with Crippen molar-refractivity contribution in [2.75, 3.05) is 23.0 Å². The summed E-state index contributed by atoms with van der Waals surface area (Å²) in [7, 11) is 0. The van der Waals surface area contributed by atoms with Crippen LogP contribution in [0.25, 0.3) is 0 Å². The number of thioether (sulfide) groups is 1. The average molecular weight is 346 g/mol. The van der Waals surface area contributed by atoms with E-state index in [9.17, 15) is 9.59 Å². The number of nitrogens with one attached hydrogen (secondary N) is 1. The van der Waals surface area contributed by atoms with Gasteiger partial charge in [0.05, 0.1) is 5.92 Å². The molecule has 126 valence electrons. The van der Waals surface area contributed by atoms with Gasteiger partial charge in [0.1, 0.15) is 0 Å². The van der Waals surface area contributed by atoms with Gasteiger partial charge in [0.2, 0.25) is 17.7 Å². The van der Waals surface area contributed by atoms with Crippen LogP contribution in [0.1, 0.15) is 31.6 Å². The van der Waals surface area contributed by atoms with Crippen molar-refractivity contribution >= 4 is 35.3 Å². The Labute approximate surface area is 143 Å². The first-order chi connectivity index (χ1) is 11.6. The minimum Gasteiger partial charge on any atom is -0.407 e. The molecule has 1 unspecified atom stereocenters. The second-order valence-corrected chi connectivity index (χ2v) is 6.33. The summed E-state index contributed by atoms with van der Waals surface area (Å²) in [6.45, 7) is 2.23. The lowest BCUT2D eigenvalue weighted by Gasteiger charge is -2.16. The molecule has 1 aliphatic rings. The summed E-state index contributed by atoms with van der Waals surface area (Å²) in [6.07, 6.45) is 2.66. The number of rotatable bonds is 5. The number of hydrogen-bond donors (Lipinski definition) is 1. The summed E-state index contributed by atoms with van der Waals surface area (Å²) in [5.74, 6) is 0.0351. The summed E-state index contributed by atoms with van der Waals surface area (Å²) in [4.78, 5) is 26.5. The molecule has 0 saturated carbocycles. The quantitative estimate of drug-likeness (QED) is 0.837. The van der Waals surface area contributed by atoms with Crippen LogP contribution >= 0.6 is 11.8 Å². The third-order valence-electron chi connectivity index (χ3n) is 3.87. The van der Waals surface area contributed by atoms with Crippen molar-refractivity contribution in [3.8, 4) is 0 Å². The molecular weight excluding hydrogens is 328 g/mol. The second kappa shape index (κ2) is 7.04. The van der Waals surface area contributed by atoms with Gasteiger partial charge < -0.3 is 9.32 Å². The molecule has 0 aliphatic carbocycles. The largest absolute Gasteiger partial charge is 0.407 e. The highest BCUT2D eigenvalue weighted by atomic mass is 32.2. The zero-order chi connectivity index (χ0) is 17.1. The molecule has 2 amide bonds. The Bertz CT molecular complexity index is 744. The van der Waals surface area contributed by atoms with Gasteiger partial charge in [-0.3, -0.25) is 14.9 Å². The van der Waals surface area contributed by atoms with Crippen LogP contribution in [-0.2, 0) is 9.59 Å². The van der Waals surface area contributed by atoms with Gasteiger partial charge in [-0.05, 0) is 30.5 Å². The maximum atomic E-state index is 12.3. The Hall–Kier alpha value is -2.35. The number of carbonyl (C=O) groups is 2. The molecule has 0 spiro atoms. The number of nitrogens with zero attached hydrogens (tertiary/aromatic N) is 3. The highest BCUT2D eigenvalue weighted by molar-refractivity contribution is 7.98. The average Bonchev–Trinajstić information content (AvgIpc) is 3.21. The van der Waals surface area contributed by atoms with Gasteiger partial charge in [0.25, 0.3) is 0 Å². The molecule has 8 heteroatoms. The molecule has 1 N–H and O–H groups in total. The molecule has 1 saturated heterocycles. The SMILES string of the molecule is CCC(=O)Nc1nnc(C2CC(=O)N(c3ccc(SC)cc3)C2)o1. The predicted octanol–water partition coefficient (Wildman–Crippen LogP) is 2.66. The van der Waals surface area contributed by atoms with Gasteiger partial charge in [-0.1, -0.05) is 12.0 Å². The number of carbonyl (C=O) groups excluding carboxylic acids is 2. The molecule has 1 atom stereocenters. The van der Waals surface area contributed by atoms with E-state index in [0.29, 0.717) is 25.3 Å². The number of amides is 2. The van der Waals surface area contributed by atoms with E-state index in [-0.39, 0.29) is 23.7 Å². The maximum absolute atomic E-state index is 12.3. The van der Waals surface area contributed by atoms with E-state index in [4.69, 9.17) is 4.42 Å². The fraction of sp³-hybridized carbons (Fsp3) is 0.375. The maximum Gasteiger partial charge on any atom is 0.322 e.